The molecule has 2 atom stereocenters. The fourth-order valence-corrected chi connectivity index (χ4v) is 3.43. The molecule has 1 heterocycles. The van der Waals surface area contributed by atoms with Gasteiger partial charge in [-0.05, 0) is 25.5 Å². The van der Waals surface area contributed by atoms with Crippen LogP contribution in [0, 0.1) is 5.92 Å². The Balaban J connectivity index is 2.10. The Hall–Kier alpha value is -1.02. The first-order valence-electron chi connectivity index (χ1n) is 6.41. The van der Waals surface area contributed by atoms with Gasteiger partial charge in [0.25, 0.3) is 0 Å². The summed E-state index contributed by atoms with van der Waals surface area (Å²) in [5, 5.41) is 0. The van der Waals surface area contributed by atoms with E-state index in [0.29, 0.717) is 18.7 Å². The largest absolute Gasteiger partial charge is 0.389 e. The third-order valence-corrected chi connectivity index (χ3v) is 5.15. The predicted octanol–water partition coefficient (Wildman–Crippen LogP) is 1.02. The predicted molar refractivity (Wildman–Crippen MR) is 81.0 cm³/mol. The van der Waals surface area contributed by atoms with E-state index < -0.39 is 10.0 Å². The van der Waals surface area contributed by atoms with Crippen molar-refractivity contribution in [2.45, 2.75) is 24.3 Å². The van der Waals surface area contributed by atoms with Crippen LogP contribution in [0.4, 0.5) is 0 Å². The number of nitrogens with one attached hydrogen (secondary N) is 1. The SMILES string of the molecule is CC1OCCC1CNS(=O)(=O)c1cccc(C(N)=S)c1. The quantitative estimate of drug-likeness (QED) is 0.793. The maximum Gasteiger partial charge on any atom is 0.240 e. The maximum atomic E-state index is 12.2. The van der Waals surface area contributed by atoms with Gasteiger partial charge in [-0.15, -0.1) is 0 Å². The Labute approximate surface area is 124 Å². The van der Waals surface area contributed by atoms with Gasteiger partial charge in [0.05, 0.1) is 11.0 Å². The summed E-state index contributed by atoms with van der Waals surface area (Å²) in [4.78, 5) is 0.356. The molecule has 0 saturated carbocycles. The van der Waals surface area contributed by atoms with Crippen LogP contribution in [0.3, 0.4) is 0 Å². The van der Waals surface area contributed by atoms with E-state index >= 15 is 0 Å². The minimum atomic E-state index is -3.55. The number of ether oxygens (including phenoxy) is 1. The van der Waals surface area contributed by atoms with E-state index in [1.54, 1.807) is 12.1 Å². The van der Waals surface area contributed by atoms with E-state index in [1.165, 1.54) is 12.1 Å². The van der Waals surface area contributed by atoms with Crippen molar-refractivity contribution < 1.29 is 13.2 Å². The molecule has 0 spiro atoms. The number of sulfonamides is 1. The summed E-state index contributed by atoms with van der Waals surface area (Å²) in [6.45, 7) is 3.02. The van der Waals surface area contributed by atoms with Gasteiger partial charge in [0.1, 0.15) is 4.99 Å². The molecule has 0 amide bonds. The second kappa shape index (κ2) is 6.17. The Bertz CT molecular complexity index is 601. The molecule has 20 heavy (non-hydrogen) atoms. The molecule has 1 aromatic carbocycles. The van der Waals surface area contributed by atoms with E-state index in [2.05, 4.69) is 4.72 Å². The first-order valence-corrected chi connectivity index (χ1v) is 8.30. The molecule has 110 valence electrons. The summed E-state index contributed by atoms with van der Waals surface area (Å²) in [7, 11) is -3.55. The van der Waals surface area contributed by atoms with E-state index in [1.807, 2.05) is 6.92 Å². The fourth-order valence-electron chi connectivity index (χ4n) is 2.16. The van der Waals surface area contributed by atoms with Crippen molar-refractivity contribution in [3.8, 4) is 0 Å². The maximum absolute atomic E-state index is 12.2. The second-order valence-corrected chi connectivity index (χ2v) is 7.08. The average molecular weight is 314 g/mol. The summed E-state index contributed by atoms with van der Waals surface area (Å²) >= 11 is 4.86. The lowest BCUT2D eigenvalue weighted by molar-refractivity contribution is 0.107. The average Bonchev–Trinajstić information content (AvgIpc) is 2.82. The Morgan fingerprint density at radius 1 is 1.55 bits per heavy atom. The summed E-state index contributed by atoms with van der Waals surface area (Å²) in [5.74, 6) is 0.212. The molecule has 3 N–H and O–H groups in total. The first kappa shape index (κ1) is 15.4. The van der Waals surface area contributed by atoms with Gasteiger partial charge >= 0.3 is 0 Å². The molecule has 5 nitrogen and oxygen atoms in total. The zero-order chi connectivity index (χ0) is 14.8. The van der Waals surface area contributed by atoms with Crippen molar-refractivity contribution in [3.63, 3.8) is 0 Å². The van der Waals surface area contributed by atoms with Crippen molar-refractivity contribution in [1.29, 1.82) is 0 Å². The highest BCUT2D eigenvalue weighted by molar-refractivity contribution is 7.89. The van der Waals surface area contributed by atoms with Gasteiger partial charge in [-0.1, -0.05) is 24.4 Å². The molecule has 0 bridgehead atoms. The van der Waals surface area contributed by atoms with Crippen LogP contribution in [0.2, 0.25) is 0 Å². The molecule has 0 aliphatic carbocycles. The molecular formula is C13H18N2O3S2. The van der Waals surface area contributed by atoms with Gasteiger partial charge in [-0.25, -0.2) is 13.1 Å². The van der Waals surface area contributed by atoms with Gasteiger partial charge in [0.15, 0.2) is 0 Å². The first-order chi connectivity index (χ1) is 9.40. The Morgan fingerprint density at radius 3 is 2.90 bits per heavy atom. The zero-order valence-electron chi connectivity index (χ0n) is 11.2. The highest BCUT2D eigenvalue weighted by atomic mass is 32.2. The lowest BCUT2D eigenvalue weighted by atomic mass is 10.0. The highest BCUT2D eigenvalue weighted by Gasteiger charge is 2.26. The number of rotatable bonds is 5. The van der Waals surface area contributed by atoms with Crippen LogP contribution in [0.15, 0.2) is 29.2 Å². The van der Waals surface area contributed by atoms with Crippen LogP contribution < -0.4 is 10.5 Å². The van der Waals surface area contributed by atoms with Crippen molar-refractivity contribution in [1.82, 2.24) is 4.72 Å². The minimum Gasteiger partial charge on any atom is -0.389 e. The van der Waals surface area contributed by atoms with Crippen molar-refractivity contribution in [2.75, 3.05) is 13.2 Å². The Kier molecular flexibility index (Phi) is 4.74. The van der Waals surface area contributed by atoms with E-state index in [-0.39, 0.29) is 21.9 Å². The molecule has 7 heteroatoms. The lowest BCUT2D eigenvalue weighted by Gasteiger charge is -2.15. The van der Waals surface area contributed by atoms with Gasteiger partial charge in [-0.2, -0.15) is 0 Å². The third-order valence-electron chi connectivity index (χ3n) is 3.50. The molecule has 1 aliphatic rings. The Morgan fingerprint density at radius 2 is 2.30 bits per heavy atom. The van der Waals surface area contributed by atoms with E-state index in [0.717, 1.165) is 6.42 Å². The van der Waals surface area contributed by atoms with Crippen LogP contribution in [0.1, 0.15) is 18.9 Å². The fraction of sp³-hybridized carbons (Fsp3) is 0.462. The molecule has 1 aliphatic heterocycles. The van der Waals surface area contributed by atoms with Crippen LogP contribution in [0.25, 0.3) is 0 Å². The highest BCUT2D eigenvalue weighted by Crippen LogP contribution is 2.20. The van der Waals surface area contributed by atoms with Crippen molar-refractivity contribution in [2.24, 2.45) is 11.7 Å². The summed E-state index contributed by atoms with van der Waals surface area (Å²) < 4.78 is 32.5. The number of hydrogen-bond acceptors (Lipinski definition) is 4. The van der Waals surface area contributed by atoms with Gasteiger partial charge in [0.2, 0.25) is 10.0 Å². The monoisotopic (exact) mass is 314 g/mol. The normalized spacial score (nSPS) is 22.9. The van der Waals surface area contributed by atoms with Gasteiger partial charge < -0.3 is 10.5 Å². The number of benzene rings is 1. The summed E-state index contributed by atoms with van der Waals surface area (Å²) in [6, 6.07) is 6.33. The lowest BCUT2D eigenvalue weighted by Crippen LogP contribution is -2.32. The van der Waals surface area contributed by atoms with Gasteiger partial charge in [-0.3, -0.25) is 0 Å². The number of nitrogens with two attached hydrogens (primary N) is 1. The molecule has 1 aromatic rings. The zero-order valence-corrected chi connectivity index (χ0v) is 12.8. The number of hydrogen-bond donors (Lipinski definition) is 2. The van der Waals surface area contributed by atoms with Crippen LogP contribution in [-0.4, -0.2) is 32.7 Å². The summed E-state index contributed by atoms with van der Waals surface area (Å²) in [5.41, 5.74) is 6.06. The smallest absolute Gasteiger partial charge is 0.240 e. The van der Waals surface area contributed by atoms with Crippen LogP contribution >= 0.6 is 12.2 Å². The molecule has 1 saturated heterocycles. The van der Waals surface area contributed by atoms with Crippen molar-refractivity contribution >= 4 is 27.2 Å². The standard InChI is InChI=1S/C13H18N2O3S2/c1-9-11(5-6-18-9)8-15-20(16,17)12-4-2-3-10(7-12)13(14)19/h2-4,7,9,11,15H,5-6,8H2,1H3,(H2,14,19). The molecule has 0 aromatic heterocycles. The molecule has 2 rings (SSSR count). The van der Waals surface area contributed by atoms with E-state index in [4.69, 9.17) is 22.7 Å². The minimum absolute atomic E-state index is 0.0839. The molecule has 2 unspecified atom stereocenters. The number of thiocarbonyl (C=S) groups is 1. The van der Waals surface area contributed by atoms with Gasteiger partial charge in [0, 0.05) is 24.6 Å². The van der Waals surface area contributed by atoms with Crippen LogP contribution in [-0.2, 0) is 14.8 Å². The van der Waals surface area contributed by atoms with Crippen LogP contribution in [0.5, 0.6) is 0 Å². The molecular weight excluding hydrogens is 296 g/mol. The third kappa shape index (κ3) is 3.54. The summed E-state index contributed by atoms with van der Waals surface area (Å²) in [6.07, 6.45) is 0.956. The second-order valence-electron chi connectivity index (χ2n) is 4.87. The molecule has 0 radical (unpaired) electrons. The van der Waals surface area contributed by atoms with E-state index in [9.17, 15) is 8.42 Å². The molecule has 1 fully saturated rings. The van der Waals surface area contributed by atoms with Crippen molar-refractivity contribution in [3.05, 3.63) is 29.8 Å². The topological polar surface area (TPSA) is 81.4 Å².